The standard InChI is InChI=1S/C53H50N2O.3C2H6/c1-8-10-11-20-42(34-39(5)40(6)35-45(18-9-2)55-50-23-14-12-21-46(50)47-22-13-15-24-51(47)55)43-27-30-52-49(36-43)48-31-33-54(44-28-25-37(3)26-29-44)32-17-16-19-38(4)41(7)53(48)56-52;3*1-2/h9,11-25,27-37H,4-8,10,26H2,1-3H3;3*1-2H3/b18-9-,19-16-,20-11-,32-17-,33-31-,42-34+,45-35+;;;. The third kappa shape index (κ3) is 11.2. The van der Waals surface area contributed by atoms with Crippen molar-refractivity contribution in [2.24, 2.45) is 5.92 Å². The van der Waals surface area contributed by atoms with Crippen molar-refractivity contribution in [1.29, 1.82) is 0 Å². The molecule has 0 spiro atoms. The average molecular weight is 821 g/mol. The Morgan fingerprint density at radius 2 is 1.44 bits per heavy atom. The summed E-state index contributed by atoms with van der Waals surface area (Å²) in [7, 11) is 0. The monoisotopic (exact) mass is 821 g/mol. The number of benzene rings is 3. The molecule has 0 N–H and O–H groups in total. The van der Waals surface area contributed by atoms with Gasteiger partial charge in [0, 0.05) is 51.1 Å². The molecular formula is C59H68N2O. The van der Waals surface area contributed by atoms with Crippen LogP contribution in [0.5, 0.6) is 0 Å². The normalized spacial score (nSPS) is 17.0. The number of nitrogens with zero attached hydrogens (tertiary/aromatic N) is 2. The zero-order chi connectivity index (χ0) is 45.2. The minimum atomic E-state index is 0.526. The van der Waals surface area contributed by atoms with Crippen LogP contribution in [0.4, 0.5) is 0 Å². The molecule has 0 saturated heterocycles. The highest BCUT2D eigenvalue weighted by molar-refractivity contribution is 6.10. The molecule has 1 aliphatic carbocycles. The summed E-state index contributed by atoms with van der Waals surface area (Å²) >= 11 is 0. The minimum Gasteiger partial charge on any atom is -0.455 e. The third-order valence-electron chi connectivity index (χ3n) is 10.4. The van der Waals surface area contributed by atoms with Crippen LogP contribution in [-0.4, -0.2) is 9.47 Å². The second-order valence-electron chi connectivity index (χ2n) is 14.5. The number of furan rings is 1. The highest BCUT2D eigenvalue weighted by Crippen LogP contribution is 2.38. The van der Waals surface area contributed by atoms with Crippen LogP contribution < -0.4 is 0 Å². The van der Waals surface area contributed by atoms with Crippen molar-refractivity contribution in [3.05, 3.63) is 218 Å². The van der Waals surface area contributed by atoms with E-state index < -0.39 is 0 Å². The van der Waals surface area contributed by atoms with E-state index in [9.17, 15) is 0 Å². The van der Waals surface area contributed by atoms with Gasteiger partial charge in [-0.05, 0) is 114 Å². The summed E-state index contributed by atoms with van der Waals surface area (Å²) in [4.78, 5) is 2.15. The predicted octanol–water partition coefficient (Wildman–Crippen LogP) is 18.0. The second-order valence-corrected chi connectivity index (χ2v) is 14.5. The summed E-state index contributed by atoms with van der Waals surface area (Å²) in [5.74, 6) is 1.24. The van der Waals surface area contributed by atoms with E-state index in [0.29, 0.717) is 11.7 Å². The van der Waals surface area contributed by atoms with Crippen LogP contribution in [0, 0.1) is 5.92 Å². The van der Waals surface area contributed by atoms with Crippen LogP contribution in [0.3, 0.4) is 0 Å². The molecule has 2 aliphatic rings. The predicted molar refractivity (Wildman–Crippen MR) is 277 cm³/mol. The number of para-hydroxylation sites is 2. The maximum absolute atomic E-state index is 6.56. The minimum absolute atomic E-state index is 0.526. The lowest BCUT2D eigenvalue weighted by atomic mass is 9.96. The summed E-state index contributed by atoms with van der Waals surface area (Å²) in [6, 6.07) is 23.5. The van der Waals surface area contributed by atoms with E-state index in [2.05, 4.69) is 190 Å². The van der Waals surface area contributed by atoms with Gasteiger partial charge in [-0.3, -0.25) is 0 Å². The summed E-state index contributed by atoms with van der Waals surface area (Å²) in [6.07, 6.45) is 35.0. The first-order chi connectivity index (χ1) is 30.3. The molecule has 1 aliphatic heterocycles. The van der Waals surface area contributed by atoms with Gasteiger partial charge in [0.05, 0.1) is 11.0 Å². The smallest absolute Gasteiger partial charge is 0.142 e. The molecule has 320 valence electrons. The topological polar surface area (TPSA) is 21.3 Å². The van der Waals surface area contributed by atoms with Crippen LogP contribution in [0.2, 0.25) is 0 Å². The Bertz CT molecular complexity index is 2610. The van der Waals surface area contributed by atoms with Gasteiger partial charge in [0.15, 0.2) is 0 Å². The molecule has 0 fully saturated rings. The first-order valence-corrected chi connectivity index (χ1v) is 22.5. The van der Waals surface area contributed by atoms with Crippen molar-refractivity contribution < 1.29 is 4.42 Å². The molecule has 1 atom stereocenters. The van der Waals surface area contributed by atoms with Crippen molar-refractivity contribution in [2.75, 3.05) is 0 Å². The Balaban J connectivity index is 0.00000135. The SMILES string of the molecule is C=C1/C=C\C=C/N(C2=CCC(C)C=C2)/C=C\c2c(oc3ccc(C(/C=C\CCC)=C/C(=C)C(=C)/C=C(\C=C/C)n4c5ccccc5c5ccccc54)cc23)C1=C.CC.CC.CC. The lowest BCUT2D eigenvalue weighted by Crippen LogP contribution is -2.10. The lowest BCUT2D eigenvalue weighted by Gasteiger charge is -2.21. The van der Waals surface area contributed by atoms with Gasteiger partial charge in [0.2, 0.25) is 0 Å². The van der Waals surface area contributed by atoms with Gasteiger partial charge < -0.3 is 13.9 Å². The fraction of sp³-hybridized carbons (Fsp3) is 0.220. The fourth-order valence-electron chi connectivity index (χ4n) is 7.25. The van der Waals surface area contributed by atoms with Crippen LogP contribution in [0.1, 0.15) is 98.5 Å². The molecule has 3 aromatic carbocycles. The number of rotatable bonds is 10. The third-order valence-corrected chi connectivity index (χ3v) is 10.4. The number of hydrogen-bond acceptors (Lipinski definition) is 2. The summed E-state index contributed by atoms with van der Waals surface area (Å²) in [5, 5.41) is 3.44. The molecule has 62 heavy (non-hydrogen) atoms. The Morgan fingerprint density at radius 3 is 2.06 bits per heavy atom. The highest BCUT2D eigenvalue weighted by atomic mass is 16.3. The molecule has 2 aromatic heterocycles. The molecule has 5 aromatic rings. The molecule has 3 heteroatoms. The van der Waals surface area contributed by atoms with E-state index in [0.717, 1.165) is 91.7 Å². The highest BCUT2D eigenvalue weighted by Gasteiger charge is 2.19. The molecule has 3 nitrogen and oxygen atoms in total. The second kappa shape index (κ2) is 24.0. The largest absolute Gasteiger partial charge is 0.455 e. The molecule has 0 saturated carbocycles. The number of hydrogen-bond donors (Lipinski definition) is 0. The zero-order valence-corrected chi connectivity index (χ0v) is 38.8. The molecular weight excluding hydrogens is 753 g/mol. The van der Waals surface area contributed by atoms with E-state index in [1.807, 2.05) is 66.7 Å². The van der Waals surface area contributed by atoms with Crippen molar-refractivity contribution in [3.63, 3.8) is 0 Å². The van der Waals surface area contributed by atoms with Gasteiger partial charge in [-0.25, -0.2) is 0 Å². The lowest BCUT2D eigenvalue weighted by molar-refractivity contribution is 0.599. The summed E-state index contributed by atoms with van der Waals surface area (Å²) in [5.41, 5.74) is 11.5. The first kappa shape index (κ1) is 48.1. The first-order valence-electron chi connectivity index (χ1n) is 22.5. The van der Waals surface area contributed by atoms with Gasteiger partial charge in [0.25, 0.3) is 0 Å². The Hall–Kier alpha value is -6.58. The number of unbranched alkanes of at least 4 members (excludes halogenated alkanes) is 1. The van der Waals surface area contributed by atoms with Crippen LogP contribution >= 0.6 is 0 Å². The van der Waals surface area contributed by atoms with E-state index >= 15 is 0 Å². The number of allylic oxidation sites excluding steroid dienone is 18. The molecule has 1 unspecified atom stereocenters. The van der Waals surface area contributed by atoms with Crippen LogP contribution in [-0.2, 0) is 0 Å². The van der Waals surface area contributed by atoms with E-state index in [4.69, 9.17) is 4.42 Å². The van der Waals surface area contributed by atoms with Gasteiger partial charge in [-0.2, -0.15) is 0 Å². The van der Waals surface area contributed by atoms with Crippen LogP contribution in [0.15, 0.2) is 205 Å². The molecule has 0 bridgehead atoms. The van der Waals surface area contributed by atoms with Crippen molar-refractivity contribution >= 4 is 55.7 Å². The maximum Gasteiger partial charge on any atom is 0.142 e. The van der Waals surface area contributed by atoms with Gasteiger partial charge in [-0.1, -0.05) is 173 Å². The molecule has 7 rings (SSSR count). The Kier molecular flexibility index (Phi) is 18.6. The van der Waals surface area contributed by atoms with E-state index in [1.165, 1.54) is 10.8 Å². The Labute approximate surface area is 373 Å². The molecule has 3 heterocycles. The van der Waals surface area contributed by atoms with Gasteiger partial charge in [-0.15, -0.1) is 0 Å². The van der Waals surface area contributed by atoms with Gasteiger partial charge >= 0.3 is 0 Å². The quantitative estimate of drug-likeness (QED) is 0.131. The van der Waals surface area contributed by atoms with E-state index in [1.54, 1.807) is 0 Å². The fourth-order valence-corrected chi connectivity index (χ4v) is 7.25. The van der Waals surface area contributed by atoms with Crippen molar-refractivity contribution in [1.82, 2.24) is 9.47 Å². The number of fused-ring (bicyclic) bond motifs is 6. The average Bonchev–Trinajstić information content (AvgIpc) is 3.84. The van der Waals surface area contributed by atoms with E-state index in [-0.39, 0.29) is 0 Å². The van der Waals surface area contributed by atoms with Crippen molar-refractivity contribution in [2.45, 2.75) is 81.6 Å². The molecule has 0 amide bonds. The zero-order valence-electron chi connectivity index (χ0n) is 38.8. The van der Waals surface area contributed by atoms with Crippen molar-refractivity contribution in [3.8, 4) is 0 Å². The molecule has 0 radical (unpaired) electrons. The summed E-state index contributed by atoms with van der Waals surface area (Å²) < 4.78 is 8.87. The summed E-state index contributed by atoms with van der Waals surface area (Å²) in [6.45, 7) is 36.3. The number of aromatic nitrogens is 1. The maximum atomic E-state index is 6.56. The van der Waals surface area contributed by atoms with Gasteiger partial charge in [0.1, 0.15) is 11.3 Å². The van der Waals surface area contributed by atoms with Crippen LogP contribution in [0.25, 0.3) is 55.7 Å². The Morgan fingerprint density at radius 1 is 0.774 bits per heavy atom.